The number of hydrogen-bond donors (Lipinski definition) is 3. The Labute approximate surface area is 130 Å². The minimum absolute atomic E-state index is 0.0804. The highest BCUT2D eigenvalue weighted by atomic mass is 32.2. The molecule has 1 aliphatic rings. The highest BCUT2D eigenvalue weighted by Crippen LogP contribution is 2.41. The van der Waals surface area contributed by atoms with Gasteiger partial charge in [-0.05, 0) is 37.7 Å². The fourth-order valence-electron chi connectivity index (χ4n) is 2.26. The normalized spacial score (nSPS) is 16.6. The number of phenols is 1. The van der Waals surface area contributed by atoms with Crippen molar-refractivity contribution in [1.82, 2.24) is 10.2 Å². The van der Waals surface area contributed by atoms with Gasteiger partial charge in [0.25, 0.3) is 0 Å². The van der Waals surface area contributed by atoms with E-state index in [9.17, 15) is 9.90 Å². The molecule has 116 valence electrons. The summed E-state index contributed by atoms with van der Waals surface area (Å²) < 4.78 is 0. The summed E-state index contributed by atoms with van der Waals surface area (Å²) in [5.74, 6) is 0.369. The third kappa shape index (κ3) is 4.54. The molecule has 1 amide bonds. The maximum Gasteiger partial charge on any atom is 0.234 e. The van der Waals surface area contributed by atoms with Gasteiger partial charge in [-0.2, -0.15) is 0 Å². The van der Waals surface area contributed by atoms with Gasteiger partial charge in [0.1, 0.15) is 5.75 Å². The number of hydrogen-bond acceptors (Lipinski definition) is 5. The molecule has 0 saturated carbocycles. The lowest BCUT2D eigenvalue weighted by Crippen LogP contribution is -2.38. The summed E-state index contributed by atoms with van der Waals surface area (Å²) in [7, 11) is 0. The zero-order valence-corrected chi connectivity index (χ0v) is 13.4. The van der Waals surface area contributed by atoms with Gasteiger partial charge in [0.2, 0.25) is 5.91 Å². The van der Waals surface area contributed by atoms with Crippen LogP contribution < -0.4 is 10.6 Å². The number of anilines is 1. The second-order valence-electron chi connectivity index (χ2n) is 5.03. The Kier molecular flexibility index (Phi) is 5.76. The number of carbonyl (C=O) groups is 1. The zero-order chi connectivity index (χ0) is 15.2. The van der Waals surface area contributed by atoms with Gasteiger partial charge in [0, 0.05) is 17.1 Å². The number of amides is 1. The predicted molar refractivity (Wildman–Crippen MR) is 86.8 cm³/mol. The number of likely N-dealkylation sites (N-methyl/N-ethyl adjacent to an activating group) is 1. The smallest absolute Gasteiger partial charge is 0.234 e. The average Bonchev–Trinajstić information content (AvgIpc) is 2.86. The molecular formula is C15H23N3O2S. The molecule has 6 heteroatoms. The highest BCUT2D eigenvalue weighted by Gasteiger charge is 2.21. The highest BCUT2D eigenvalue weighted by molar-refractivity contribution is 8.00. The summed E-state index contributed by atoms with van der Waals surface area (Å²) in [4.78, 5) is 15.0. The van der Waals surface area contributed by atoms with Crippen LogP contribution in [0.2, 0.25) is 0 Å². The number of rotatable bonds is 7. The van der Waals surface area contributed by atoms with Crippen LogP contribution in [0.1, 0.15) is 20.3 Å². The molecule has 1 aromatic rings. The molecule has 5 nitrogen and oxygen atoms in total. The van der Waals surface area contributed by atoms with Crippen molar-refractivity contribution in [2.24, 2.45) is 0 Å². The van der Waals surface area contributed by atoms with Gasteiger partial charge in [-0.3, -0.25) is 9.69 Å². The molecule has 3 N–H and O–H groups in total. The summed E-state index contributed by atoms with van der Waals surface area (Å²) in [5.41, 5.74) is 1.05. The molecular weight excluding hydrogens is 286 g/mol. The summed E-state index contributed by atoms with van der Waals surface area (Å²) in [5, 5.41) is 16.1. The fraction of sp³-hybridized carbons (Fsp3) is 0.533. The van der Waals surface area contributed by atoms with E-state index in [-0.39, 0.29) is 17.0 Å². The van der Waals surface area contributed by atoms with Crippen LogP contribution in [0.3, 0.4) is 0 Å². The van der Waals surface area contributed by atoms with Crippen LogP contribution in [0.4, 0.5) is 5.69 Å². The number of nitrogens with zero attached hydrogens (tertiary/aromatic N) is 1. The Hall–Kier alpha value is -1.40. The summed E-state index contributed by atoms with van der Waals surface area (Å²) in [6, 6.07) is 5.34. The third-order valence-corrected chi connectivity index (χ3v) is 4.77. The molecule has 2 rings (SSSR count). The van der Waals surface area contributed by atoms with Crippen molar-refractivity contribution in [3.8, 4) is 5.75 Å². The van der Waals surface area contributed by atoms with Crippen molar-refractivity contribution in [3.05, 3.63) is 18.2 Å². The van der Waals surface area contributed by atoms with Crippen LogP contribution in [-0.4, -0.2) is 47.5 Å². The molecule has 0 spiro atoms. The summed E-state index contributed by atoms with van der Waals surface area (Å²) >= 11 is 1.69. The van der Waals surface area contributed by atoms with Crippen LogP contribution >= 0.6 is 11.8 Å². The SMILES string of the molecule is CCN(CC)CC(=O)NCCC1Nc2ccc(O)cc2S1. The minimum Gasteiger partial charge on any atom is -0.508 e. The first-order valence-electron chi connectivity index (χ1n) is 7.37. The molecule has 1 unspecified atom stereocenters. The number of fused-ring (bicyclic) bond motifs is 1. The lowest BCUT2D eigenvalue weighted by molar-refractivity contribution is -0.122. The van der Waals surface area contributed by atoms with Gasteiger partial charge < -0.3 is 15.7 Å². The standard InChI is InChI=1S/C15H23N3O2S/c1-3-18(4-2)10-14(20)16-8-7-15-17-12-6-5-11(19)9-13(12)21-15/h5-6,9,15,17,19H,3-4,7-8,10H2,1-2H3,(H,16,20). The van der Waals surface area contributed by atoms with Crippen LogP contribution in [0.15, 0.2) is 23.1 Å². The minimum atomic E-state index is 0.0804. The first-order chi connectivity index (χ1) is 10.1. The number of aromatic hydroxyl groups is 1. The first-order valence-corrected chi connectivity index (χ1v) is 8.25. The van der Waals surface area contributed by atoms with Gasteiger partial charge >= 0.3 is 0 Å². The zero-order valence-electron chi connectivity index (χ0n) is 12.6. The molecule has 0 fully saturated rings. The first kappa shape index (κ1) is 16.0. The molecule has 21 heavy (non-hydrogen) atoms. The monoisotopic (exact) mass is 309 g/mol. The van der Waals surface area contributed by atoms with Crippen molar-refractivity contribution in [1.29, 1.82) is 0 Å². The molecule has 1 aromatic carbocycles. The number of phenolic OH excluding ortho intramolecular Hbond substituents is 1. The molecule has 0 aromatic heterocycles. The second kappa shape index (κ2) is 7.56. The van der Waals surface area contributed by atoms with Crippen molar-refractivity contribution in [3.63, 3.8) is 0 Å². The quantitative estimate of drug-likeness (QED) is 0.673. The van der Waals surface area contributed by atoms with Gasteiger partial charge in [0.15, 0.2) is 0 Å². The summed E-state index contributed by atoms with van der Waals surface area (Å²) in [6.07, 6.45) is 0.851. The van der Waals surface area contributed by atoms with Crippen LogP contribution in [0, 0.1) is 0 Å². The largest absolute Gasteiger partial charge is 0.508 e. The Morgan fingerprint density at radius 3 is 2.90 bits per heavy atom. The van der Waals surface area contributed by atoms with Crippen molar-refractivity contribution < 1.29 is 9.90 Å². The lowest BCUT2D eigenvalue weighted by Gasteiger charge is -2.17. The maximum absolute atomic E-state index is 11.8. The van der Waals surface area contributed by atoms with E-state index >= 15 is 0 Å². The lowest BCUT2D eigenvalue weighted by atomic mass is 10.3. The molecule has 0 aliphatic carbocycles. The Morgan fingerprint density at radius 1 is 1.43 bits per heavy atom. The Morgan fingerprint density at radius 2 is 2.19 bits per heavy atom. The van der Waals surface area contributed by atoms with Crippen LogP contribution in [0.25, 0.3) is 0 Å². The Balaban J connectivity index is 1.70. The predicted octanol–water partition coefficient (Wildman–Crippen LogP) is 2.08. The van der Waals surface area contributed by atoms with E-state index in [1.165, 1.54) is 0 Å². The average molecular weight is 309 g/mol. The van der Waals surface area contributed by atoms with E-state index in [1.807, 2.05) is 6.07 Å². The molecule has 1 aliphatic heterocycles. The topological polar surface area (TPSA) is 64.6 Å². The van der Waals surface area contributed by atoms with E-state index in [4.69, 9.17) is 0 Å². The van der Waals surface area contributed by atoms with Gasteiger partial charge in [-0.1, -0.05) is 25.6 Å². The number of thioether (sulfide) groups is 1. The van der Waals surface area contributed by atoms with Crippen molar-refractivity contribution in [2.75, 3.05) is 31.5 Å². The number of benzene rings is 1. The number of carbonyl (C=O) groups excluding carboxylic acids is 1. The van der Waals surface area contributed by atoms with E-state index in [0.29, 0.717) is 13.1 Å². The van der Waals surface area contributed by atoms with Crippen molar-refractivity contribution >= 4 is 23.4 Å². The van der Waals surface area contributed by atoms with Crippen LogP contribution in [0.5, 0.6) is 5.75 Å². The van der Waals surface area contributed by atoms with E-state index in [2.05, 4.69) is 29.4 Å². The second-order valence-corrected chi connectivity index (χ2v) is 6.28. The van der Waals surface area contributed by atoms with Gasteiger partial charge in [-0.25, -0.2) is 0 Å². The molecule has 0 radical (unpaired) electrons. The molecule has 0 bridgehead atoms. The van der Waals surface area contributed by atoms with Gasteiger partial charge in [0.05, 0.1) is 11.9 Å². The fourth-order valence-corrected chi connectivity index (χ4v) is 3.43. The molecule has 1 heterocycles. The number of nitrogens with one attached hydrogen (secondary N) is 2. The third-order valence-electron chi connectivity index (χ3n) is 3.54. The van der Waals surface area contributed by atoms with E-state index in [0.717, 1.165) is 30.1 Å². The van der Waals surface area contributed by atoms with Gasteiger partial charge in [-0.15, -0.1) is 0 Å². The van der Waals surface area contributed by atoms with Crippen LogP contribution in [-0.2, 0) is 4.79 Å². The van der Waals surface area contributed by atoms with E-state index < -0.39 is 0 Å². The Bertz CT molecular complexity index is 492. The molecule has 0 saturated heterocycles. The summed E-state index contributed by atoms with van der Waals surface area (Å²) in [6.45, 7) is 7.02. The molecule has 1 atom stereocenters. The maximum atomic E-state index is 11.8. The van der Waals surface area contributed by atoms with E-state index in [1.54, 1.807) is 23.9 Å². The van der Waals surface area contributed by atoms with Crippen molar-refractivity contribution in [2.45, 2.75) is 30.5 Å².